The van der Waals surface area contributed by atoms with E-state index in [0.29, 0.717) is 18.8 Å². The minimum atomic E-state index is -4.58. The van der Waals surface area contributed by atoms with E-state index in [9.17, 15) is 22.8 Å². The van der Waals surface area contributed by atoms with Crippen molar-refractivity contribution < 1.29 is 22.8 Å². The average Bonchev–Trinajstić information content (AvgIpc) is 3.36. The smallest absolute Gasteiger partial charge is 0.350 e. The molecule has 12 heteroatoms. The molecule has 2 aromatic rings. The standard InChI is InChI=1S/C20H26BrF3N6O2/c1-4-29-10-13(16(27-29)19(32)25-9-11(2)3)26-14(31)7-8-30-17(12-5-6-12)15(21)18(28-30)20(22,23)24/h10-12H,4-9H2,1-3H3,(H,25,32)(H,26,31). The zero-order valence-corrected chi connectivity index (χ0v) is 19.7. The van der Waals surface area contributed by atoms with Gasteiger partial charge in [-0.2, -0.15) is 23.4 Å². The molecular formula is C20H26BrF3N6O2. The fourth-order valence-electron chi connectivity index (χ4n) is 3.19. The van der Waals surface area contributed by atoms with Gasteiger partial charge in [-0.3, -0.25) is 19.0 Å². The van der Waals surface area contributed by atoms with Gasteiger partial charge in [0.25, 0.3) is 5.91 Å². The van der Waals surface area contributed by atoms with E-state index in [1.807, 2.05) is 20.8 Å². The van der Waals surface area contributed by atoms with Crippen LogP contribution in [0.1, 0.15) is 67.8 Å². The topological polar surface area (TPSA) is 93.8 Å². The number of rotatable bonds is 9. The highest BCUT2D eigenvalue weighted by Gasteiger charge is 2.41. The summed E-state index contributed by atoms with van der Waals surface area (Å²) in [5.74, 6) is -0.584. The minimum absolute atomic E-state index is 0.00933. The third-order valence-electron chi connectivity index (χ3n) is 4.96. The van der Waals surface area contributed by atoms with Crippen molar-refractivity contribution in [2.45, 2.75) is 65.2 Å². The average molecular weight is 519 g/mol. The summed E-state index contributed by atoms with van der Waals surface area (Å²) < 4.78 is 42.5. The quantitative estimate of drug-likeness (QED) is 0.520. The van der Waals surface area contributed by atoms with Gasteiger partial charge >= 0.3 is 6.18 Å². The number of hydrogen-bond donors (Lipinski definition) is 2. The predicted molar refractivity (Wildman–Crippen MR) is 115 cm³/mol. The largest absolute Gasteiger partial charge is 0.436 e. The highest BCUT2D eigenvalue weighted by molar-refractivity contribution is 9.10. The normalized spacial score (nSPS) is 14.1. The fourth-order valence-corrected chi connectivity index (χ4v) is 4.03. The molecule has 32 heavy (non-hydrogen) atoms. The van der Waals surface area contributed by atoms with Gasteiger partial charge in [0.1, 0.15) is 0 Å². The second-order valence-electron chi connectivity index (χ2n) is 8.19. The van der Waals surface area contributed by atoms with E-state index in [2.05, 4.69) is 36.8 Å². The minimum Gasteiger partial charge on any atom is -0.350 e. The molecule has 0 atom stereocenters. The lowest BCUT2D eigenvalue weighted by Crippen LogP contribution is -2.29. The maximum absolute atomic E-state index is 13.2. The van der Waals surface area contributed by atoms with E-state index < -0.39 is 23.7 Å². The summed E-state index contributed by atoms with van der Waals surface area (Å²) in [5.41, 5.74) is -0.148. The van der Waals surface area contributed by atoms with Gasteiger partial charge in [0, 0.05) is 31.6 Å². The molecule has 1 saturated carbocycles. The number of nitrogens with one attached hydrogen (secondary N) is 2. The number of anilines is 1. The Morgan fingerprint density at radius 2 is 1.97 bits per heavy atom. The molecule has 8 nitrogen and oxygen atoms in total. The molecule has 0 radical (unpaired) electrons. The first-order valence-corrected chi connectivity index (χ1v) is 11.3. The molecule has 1 fully saturated rings. The second kappa shape index (κ2) is 9.63. The first-order chi connectivity index (χ1) is 15.0. The Labute approximate surface area is 192 Å². The highest BCUT2D eigenvalue weighted by atomic mass is 79.9. The van der Waals surface area contributed by atoms with Crippen LogP contribution in [0.15, 0.2) is 10.7 Å². The SMILES string of the molecule is CCn1cc(NC(=O)CCn2nc(C(F)(F)F)c(Br)c2C2CC2)c(C(=O)NCC(C)C)n1. The molecule has 0 aromatic carbocycles. The Kier molecular flexibility index (Phi) is 7.31. The molecule has 3 rings (SSSR count). The van der Waals surface area contributed by atoms with Crippen LogP contribution < -0.4 is 10.6 Å². The maximum atomic E-state index is 13.2. The van der Waals surface area contributed by atoms with Gasteiger partial charge in [0.2, 0.25) is 5.91 Å². The number of hydrogen-bond acceptors (Lipinski definition) is 4. The van der Waals surface area contributed by atoms with Crippen LogP contribution in [0.5, 0.6) is 0 Å². The summed E-state index contributed by atoms with van der Waals surface area (Å²) in [6.45, 7) is 6.73. The molecule has 0 unspecified atom stereocenters. The summed E-state index contributed by atoms with van der Waals surface area (Å²) in [7, 11) is 0. The van der Waals surface area contributed by atoms with Crippen LogP contribution >= 0.6 is 15.9 Å². The molecule has 0 bridgehead atoms. The van der Waals surface area contributed by atoms with Gasteiger partial charge in [0.15, 0.2) is 11.4 Å². The van der Waals surface area contributed by atoms with E-state index in [0.717, 1.165) is 12.8 Å². The van der Waals surface area contributed by atoms with Crippen LogP contribution in [0, 0.1) is 5.92 Å². The van der Waals surface area contributed by atoms with E-state index in [1.165, 1.54) is 9.36 Å². The molecule has 0 spiro atoms. The summed E-state index contributed by atoms with van der Waals surface area (Å²) >= 11 is 3.04. The Bertz CT molecular complexity index is 994. The van der Waals surface area contributed by atoms with Crippen LogP contribution in [0.3, 0.4) is 0 Å². The lowest BCUT2D eigenvalue weighted by atomic mass is 10.2. The molecular weight excluding hydrogens is 493 g/mol. The van der Waals surface area contributed by atoms with E-state index in [1.54, 1.807) is 6.20 Å². The van der Waals surface area contributed by atoms with Crippen molar-refractivity contribution in [2.24, 2.45) is 5.92 Å². The molecule has 2 N–H and O–H groups in total. The van der Waals surface area contributed by atoms with Crippen molar-refractivity contribution >= 4 is 33.4 Å². The van der Waals surface area contributed by atoms with E-state index >= 15 is 0 Å². The second-order valence-corrected chi connectivity index (χ2v) is 8.99. The van der Waals surface area contributed by atoms with Crippen LogP contribution in [0.4, 0.5) is 18.9 Å². The molecule has 0 aliphatic heterocycles. The number of halogens is 4. The maximum Gasteiger partial charge on any atom is 0.436 e. The summed E-state index contributed by atoms with van der Waals surface area (Å²) in [4.78, 5) is 25.0. The number of aryl methyl sites for hydroxylation is 2. The van der Waals surface area contributed by atoms with E-state index in [-0.39, 0.29) is 40.7 Å². The Balaban J connectivity index is 1.71. The van der Waals surface area contributed by atoms with Crippen molar-refractivity contribution in [3.8, 4) is 0 Å². The number of amides is 2. The van der Waals surface area contributed by atoms with Crippen molar-refractivity contribution in [3.05, 3.63) is 27.8 Å². The van der Waals surface area contributed by atoms with Crippen LogP contribution in [-0.2, 0) is 24.1 Å². The summed E-state index contributed by atoms with van der Waals surface area (Å²) in [5, 5.41) is 13.3. The van der Waals surface area contributed by atoms with Crippen LogP contribution in [0.25, 0.3) is 0 Å². The third-order valence-corrected chi connectivity index (χ3v) is 5.74. The number of aromatic nitrogens is 4. The number of carbonyl (C=O) groups excluding carboxylic acids is 2. The molecule has 1 aliphatic carbocycles. The van der Waals surface area contributed by atoms with E-state index in [4.69, 9.17) is 0 Å². The van der Waals surface area contributed by atoms with Crippen molar-refractivity contribution in [1.29, 1.82) is 0 Å². The fraction of sp³-hybridized carbons (Fsp3) is 0.600. The Morgan fingerprint density at radius 1 is 1.28 bits per heavy atom. The summed E-state index contributed by atoms with van der Waals surface area (Å²) in [6, 6.07) is 0. The van der Waals surface area contributed by atoms with Crippen LogP contribution in [-0.4, -0.2) is 37.9 Å². The molecule has 2 aromatic heterocycles. The van der Waals surface area contributed by atoms with Crippen molar-refractivity contribution in [3.63, 3.8) is 0 Å². The molecule has 1 aliphatic rings. The molecule has 2 heterocycles. The highest BCUT2D eigenvalue weighted by Crippen LogP contribution is 2.47. The zero-order chi connectivity index (χ0) is 23.6. The lowest BCUT2D eigenvalue weighted by Gasteiger charge is -2.09. The Morgan fingerprint density at radius 3 is 2.53 bits per heavy atom. The van der Waals surface area contributed by atoms with Gasteiger partial charge in [-0.15, -0.1) is 0 Å². The summed E-state index contributed by atoms with van der Waals surface area (Å²) in [6.07, 6.45) is -1.54. The molecule has 0 saturated heterocycles. The van der Waals surface area contributed by atoms with Crippen LogP contribution in [0.2, 0.25) is 0 Å². The first-order valence-electron chi connectivity index (χ1n) is 10.5. The van der Waals surface area contributed by atoms with Gasteiger partial charge in [0.05, 0.1) is 22.4 Å². The zero-order valence-electron chi connectivity index (χ0n) is 18.1. The van der Waals surface area contributed by atoms with Crippen molar-refractivity contribution in [1.82, 2.24) is 24.9 Å². The monoisotopic (exact) mass is 518 g/mol. The van der Waals surface area contributed by atoms with Gasteiger partial charge in [-0.05, 0) is 41.6 Å². The predicted octanol–water partition coefficient (Wildman–Crippen LogP) is 4.17. The van der Waals surface area contributed by atoms with Gasteiger partial charge in [-0.25, -0.2) is 0 Å². The number of nitrogens with zero attached hydrogens (tertiary/aromatic N) is 4. The Hall–Kier alpha value is -2.37. The molecule has 2 amide bonds. The molecule has 176 valence electrons. The number of carbonyl (C=O) groups is 2. The number of alkyl halides is 3. The first kappa shape index (κ1) is 24.3. The van der Waals surface area contributed by atoms with Gasteiger partial charge in [-0.1, -0.05) is 13.8 Å². The van der Waals surface area contributed by atoms with Crippen molar-refractivity contribution in [2.75, 3.05) is 11.9 Å². The third kappa shape index (κ3) is 5.70. The lowest BCUT2D eigenvalue weighted by molar-refractivity contribution is -0.142. The van der Waals surface area contributed by atoms with Gasteiger partial charge < -0.3 is 10.6 Å².